The molecule has 2 rings (SSSR count). The molecule has 1 unspecified atom stereocenters. The molecule has 5 nitrogen and oxygen atoms in total. The van der Waals surface area contributed by atoms with Crippen molar-refractivity contribution in [1.82, 2.24) is 0 Å². The maximum Gasteiger partial charge on any atom is 0.523 e. The van der Waals surface area contributed by atoms with Crippen molar-refractivity contribution >= 4 is 16.1 Å². The molecule has 0 fully saturated rings. The topological polar surface area (TPSA) is 69.7 Å². The van der Waals surface area contributed by atoms with Crippen molar-refractivity contribution in [1.29, 1.82) is 0 Å². The van der Waals surface area contributed by atoms with Crippen LogP contribution < -0.4 is 4.74 Å². The van der Waals surface area contributed by atoms with Gasteiger partial charge in [-0.1, -0.05) is 18.2 Å². The lowest BCUT2D eigenvalue weighted by atomic mass is 10.0. The van der Waals surface area contributed by atoms with Crippen LogP contribution in [0.25, 0.3) is 0 Å². The monoisotopic (exact) mass is 296 g/mol. The van der Waals surface area contributed by atoms with Crippen molar-refractivity contribution in [3.8, 4) is 5.75 Å². The largest absolute Gasteiger partial charge is 0.523 e. The van der Waals surface area contributed by atoms with Crippen LogP contribution in [-0.4, -0.2) is 26.0 Å². The summed E-state index contributed by atoms with van der Waals surface area (Å²) in [4.78, 5) is 11.4. The van der Waals surface area contributed by atoms with E-state index < -0.39 is 27.7 Å². The third kappa shape index (κ3) is 2.71. The van der Waals surface area contributed by atoms with Gasteiger partial charge in [-0.2, -0.15) is 21.6 Å². The average molecular weight is 296 g/mol. The van der Waals surface area contributed by atoms with Gasteiger partial charge in [-0.15, -0.1) is 0 Å². The van der Waals surface area contributed by atoms with Gasteiger partial charge in [0.15, 0.2) is 6.10 Å². The third-order valence-corrected chi connectivity index (χ3v) is 3.43. The predicted molar refractivity (Wildman–Crippen MR) is 55.6 cm³/mol. The van der Waals surface area contributed by atoms with Crippen molar-refractivity contribution in [2.24, 2.45) is 0 Å². The molecule has 19 heavy (non-hydrogen) atoms. The summed E-state index contributed by atoms with van der Waals surface area (Å²) in [5.74, 6) is -0.997. The Balaban J connectivity index is 2.23. The fourth-order valence-corrected chi connectivity index (χ4v) is 2.07. The number of para-hydroxylation sites is 1. The van der Waals surface area contributed by atoms with E-state index in [1.165, 1.54) is 12.1 Å². The molecular weight excluding hydrogens is 289 g/mol. The Morgan fingerprint density at radius 1 is 1.26 bits per heavy atom. The first-order valence-corrected chi connectivity index (χ1v) is 6.41. The zero-order chi connectivity index (χ0) is 14.3. The number of fused-ring (bicyclic) bond motifs is 1. The van der Waals surface area contributed by atoms with Gasteiger partial charge in [0.05, 0.1) is 0 Å². The smallest absolute Gasteiger partial charge is 0.424 e. The van der Waals surface area contributed by atoms with Gasteiger partial charge in [-0.25, -0.2) is 8.98 Å². The second-order valence-electron chi connectivity index (χ2n) is 3.72. The molecule has 0 aromatic heterocycles. The van der Waals surface area contributed by atoms with E-state index in [1.807, 2.05) is 0 Å². The van der Waals surface area contributed by atoms with E-state index in [4.69, 9.17) is 4.74 Å². The van der Waals surface area contributed by atoms with Gasteiger partial charge in [0.2, 0.25) is 0 Å². The lowest BCUT2D eigenvalue weighted by molar-refractivity contribution is -0.144. The van der Waals surface area contributed by atoms with Crippen LogP contribution in [0.3, 0.4) is 0 Å². The van der Waals surface area contributed by atoms with E-state index in [9.17, 15) is 26.4 Å². The number of rotatable bonds is 2. The van der Waals surface area contributed by atoms with Crippen molar-refractivity contribution in [2.45, 2.75) is 18.0 Å². The minimum atomic E-state index is -5.83. The Kier molecular flexibility index (Phi) is 3.27. The highest BCUT2D eigenvalue weighted by molar-refractivity contribution is 7.87. The molecule has 9 heteroatoms. The molecule has 0 radical (unpaired) electrons. The number of halogens is 3. The van der Waals surface area contributed by atoms with Crippen LogP contribution in [0.2, 0.25) is 0 Å². The van der Waals surface area contributed by atoms with Gasteiger partial charge in [0.1, 0.15) is 5.75 Å². The summed E-state index contributed by atoms with van der Waals surface area (Å²) in [5, 5.41) is 0. The van der Waals surface area contributed by atoms with Gasteiger partial charge in [-0.3, -0.25) is 0 Å². The van der Waals surface area contributed by atoms with Crippen molar-refractivity contribution in [3.05, 3.63) is 29.8 Å². The van der Waals surface area contributed by atoms with Gasteiger partial charge in [0, 0.05) is 6.42 Å². The first-order valence-electron chi connectivity index (χ1n) is 5.00. The Morgan fingerprint density at radius 3 is 2.53 bits per heavy atom. The molecule has 1 aliphatic heterocycles. The number of benzene rings is 1. The van der Waals surface area contributed by atoms with E-state index in [2.05, 4.69) is 4.18 Å². The van der Waals surface area contributed by atoms with Crippen LogP contribution in [0.1, 0.15) is 5.56 Å². The summed E-state index contributed by atoms with van der Waals surface area (Å²) in [6.45, 7) is 0. The molecule has 0 spiro atoms. The molecule has 104 valence electrons. The minimum Gasteiger partial charge on any atom is -0.424 e. The number of alkyl halides is 3. The molecule has 0 N–H and O–H groups in total. The molecule has 0 bridgehead atoms. The first-order chi connectivity index (χ1) is 8.71. The van der Waals surface area contributed by atoms with Gasteiger partial charge in [0.25, 0.3) is 0 Å². The van der Waals surface area contributed by atoms with Crippen molar-refractivity contribution in [3.63, 3.8) is 0 Å². The quantitative estimate of drug-likeness (QED) is 0.357. The Morgan fingerprint density at radius 2 is 1.89 bits per heavy atom. The van der Waals surface area contributed by atoms with Crippen molar-refractivity contribution in [2.75, 3.05) is 0 Å². The molecule has 1 aromatic rings. The maximum absolute atomic E-state index is 12.1. The Bertz CT molecular complexity index is 608. The predicted octanol–water partition coefficient (Wildman–Crippen LogP) is 1.38. The van der Waals surface area contributed by atoms with Crippen LogP contribution in [0.4, 0.5) is 13.2 Å². The fourth-order valence-electron chi connectivity index (χ4n) is 1.51. The standard InChI is InChI=1S/C10H7F3O5S/c11-10(12,13)19(15,16)18-8-5-6-3-1-2-4-7(6)17-9(8)14/h1-4,8H,5H2. The second kappa shape index (κ2) is 4.49. The number of carbonyl (C=O) groups excluding carboxylic acids is 1. The van der Waals surface area contributed by atoms with E-state index in [0.29, 0.717) is 5.56 Å². The lowest BCUT2D eigenvalue weighted by Gasteiger charge is -2.23. The zero-order valence-electron chi connectivity index (χ0n) is 9.18. The average Bonchev–Trinajstić information content (AvgIpc) is 2.28. The SMILES string of the molecule is O=C1Oc2ccccc2CC1OS(=O)(=O)C(F)(F)F. The lowest BCUT2D eigenvalue weighted by Crippen LogP contribution is -2.39. The molecular formula is C10H7F3O5S. The van der Waals surface area contributed by atoms with Gasteiger partial charge < -0.3 is 4.74 Å². The number of esters is 1. The molecule has 1 heterocycles. The maximum atomic E-state index is 12.1. The first kappa shape index (κ1) is 13.8. The molecule has 1 aliphatic rings. The van der Waals surface area contributed by atoms with E-state index in [-0.39, 0.29) is 12.2 Å². The molecule has 0 amide bonds. The molecule has 1 atom stereocenters. The van der Waals surface area contributed by atoms with Crippen LogP contribution in [0.15, 0.2) is 24.3 Å². The summed E-state index contributed by atoms with van der Waals surface area (Å²) in [7, 11) is -5.83. The van der Waals surface area contributed by atoms with Gasteiger partial charge >= 0.3 is 21.6 Å². The Labute approximate surface area is 106 Å². The third-order valence-electron chi connectivity index (χ3n) is 2.38. The number of carbonyl (C=O) groups is 1. The summed E-state index contributed by atoms with van der Waals surface area (Å²) in [6.07, 6.45) is -2.13. The molecule has 1 aromatic carbocycles. The molecule has 0 aliphatic carbocycles. The number of hydrogen-bond donors (Lipinski definition) is 0. The summed E-state index contributed by atoms with van der Waals surface area (Å²) >= 11 is 0. The zero-order valence-corrected chi connectivity index (χ0v) is 9.99. The van der Waals surface area contributed by atoms with Crippen LogP contribution in [0, 0.1) is 0 Å². The summed E-state index contributed by atoms with van der Waals surface area (Å²) in [5.41, 5.74) is -5.19. The number of hydrogen-bond acceptors (Lipinski definition) is 5. The normalized spacial score (nSPS) is 19.7. The van der Waals surface area contributed by atoms with E-state index in [1.54, 1.807) is 12.1 Å². The fraction of sp³-hybridized carbons (Fsp3) is 0.300. The highest BCUT2D eigenvalue weighted by Crippen LogP contribution is 2.30. The Hall–Kier alpha value is -1.61. The molecule has 0 saturated carbocycles. The van der Waals surface area contributed by atoms with E-state index in [0.717, 1.165) is 0 Å². The minimum absolute atomic E-state index is 0.178. The summed E-state index contributed by atoms with van der Waals surface area (Å²) < 4.78 is 66.7. The van der Waals surface area contributed by atoms with Crippen LogP contribution >= 0.6 is 0 Å². The van der Waals surface area contributed by atoms with E-state index >= 15 is 0 Å². The highest BCUT2D eigenvalue weighted by Gasteiger charge is 2.50. The molecule has 0 saturated heterocycles. The number of ether oxygens (including phenoxy) is 1. The van der Waals surface area contributed by atoms with Crippen LogP contribution in [-0.2, 0) is 25.5 Å². The second-order valence-corrected chi connectivity index (χ2v) is 5.28. The van der Waals surface area contributed by atoms with Crippen molar-refractivity contribution < 1.29 is 35.3 Å². The highest BCUT2D eigenvalue weighted by atomic mass is 32.2. The van der Waals surface area contributed by atoms with Gasteiger partial charge in [-0.05, 0) is 11.6 Å². The summed E-state index contributed by atoms with van der Waals surface area (Å²) in [6, 6.07) is 6.09. The van der Waals surface area contributed by atoms with Crippen LogP contribution in [0.5, 0.6) is 5.75 Å².